The highest BCUT2D eigenvalue weighted by molar-refractivity contribution is 5.86. The van der Waals surface area contributed by atoms with E-state index < -0.39 is 0 Å². The predicted molar refractivity (Wildman–Crippen MR) is 60.9 cm³/mol. The minimum absolute atomic E-state index is 0.0982. The van der Waals surface area contributed by atoms with Crippen molar-refractivity contribution in [2.75, 3.05) is 26.3 Å². The molecule has 1 N–H and O–H groups in total. The Morgan fingerprint density at radius 2 is 2.00 bits per heavy atom. The van der Waals surface area contributed by atoms with E-state index in [9.17, 15) is 4.79 Å². The van der Waals surface area contributed by atoms with Crippen molar-refractivity contribution >= 4 is 5.78 Å². The number of carbonyl (C=O) groups is 1. The van der Waals surface area contributed by atoms with Gasteiger partial charge in [-0.3, -0.25) is 4.79 Å². The molecule has 0 aliphatic carbocycles. The molecule has 0 unspecified atom stereocenters. The number of ketones is 1. The molecular formula is C12H23NO2. The molecule has 3 nitrogen and oxygen atoms in total. The standard InChI is InChI=1S/C12H23NO2/c1-3-9-15-10-11(14)12(4-2)5-7-13-8-6-12/h13H,3-10H2,1-2H3. The summed E-state index contributed by atoms with van der Waals surface area (Å²) in [5.41, 5.74) is -0.0982. The zero-order valence-corrected chi connectivity index (χ0v) is 9.97. The van der Waals surface area contributed by atoms with Gasteiger partial charge in [0, 0.05) is 12.0 Å². The largest absolute Gasteiger partial charge is 0.374 e. The van der Waals surface area contributed by atoms with Crippen LogP contribution in [0.5, 0.6) is 0 Å². The maximum absolute atomic E-state index is 12.1. The maximum atomic E-state index is 12.1. The average Bonchev–Trinajstić information content (AvgIpc) is 2.30. The summed E-state index contributed by atoms with van der Waals surface area (Å²) in [6.45, 7) is 7.11. The van der Waals surface area contributed by atoms with Gasteiger partial charge in [-0.1, -0.05) is 13.8 Å². The van der Waals surface area contributed by atoms with Crippen molar-refractivity contribution in [3.63, 3.8) is 0 Å². The van der Waals surface area contributed by atoms with Gasteiger partial charge in [0.1, 0.15) is 6.61 Å². The predicted octanol–water partition coefficient (Wildman–Crippen LogP) is 1.76. The van der Waals surface area contributed by atoms with Crippen LogP contribution < -0.4 is 5.32 Å². The first-order valence-electron chi connectivity index (χ1n) is 6.07. The summed E-state index contributed by atoms with van der Waals surface area (Å²) in [6, 6.07) is 0. The number of rotatable bonds is 6. The molecule has 1 fully saturated rings. The zero-order valence-electron chi connectivity index (χ0n) is 9.97. The van der Waals surface area contributed by atoms with Gasteiger partial charge in [-0.05, 0) is 38.8 Å². The Morgan fingerprint density at radius 1 is 1.33 bits per heavy atom. The Labute approximate surface area is 92.6 Å². The smallest absolute Gasteiger partial charge is 0.164 e. The van der Waals surface area contributed by atoms with Crippen LogP contribution in [0.3, 0.4) is 0 Å². The lowest BCUT2D eigenvalue weighted by atomic mass is 9.73. The second kappa shape index (κ2) is 6.23. The molecule has 1 rings (SSSR count). The fraction of sp³-hybridized carbons (Fsp3) is 0.917. The third-order valence-corrected chi connectivity index (χ3v) is 3.41. The Kier molecular flexibility index (Phi) is 5.26. The molecule has 0 aromatic rings. The Bertz CT molecular complexity index is 198. The monoisotopic (exact) mass is 213 g/mol. The van der Waals surface area contributed by atoms with Crippen molar-refractivity contribution in [3.05, 3.63) is 0 Å². The van der Waals surface area contributed by atoms with Gasteiger partial charge in [-0.25, -0.2) is 0 Å². The fourth-order valence-electron chi connectivity index (χ4n) is 2.20. The lowest BCUT2D eigenvalue weighted by Gasteiger charge is -2.35. The zero-order chi connectivity index (χ0) is 11.1. The van der Waals surface area contributed by atoms with E-state index in [1.165, 1.54) is 0 Å². The van der Waals surface area contributed by atoms with Crippen LogP contribution in [-0.2, 0) is 9.53 Å². The van der Waals surface area contributed by atoms with E-state index >= 15 is 0 Å². The van der Waals surface area contributed by atoms with Gasteiger partial charge in [0.2, 0.25) is 0 Å². The highest BCUT2D eigenvalue weighted by atomic mass is 16.5. The molecule has 0 amide bonds. The van der Waals surface area contributed by atoms with Crippen molar-refractivity contribution in [1.82, 2.24) is 5.32 Å². The van der Waals surface area contributed by atoms with E-state index in [0.717, 1.165) is 38.8 Å². The third-order valence-electron chi connectivity index (χ3n) is 3.41. The minimum Gasteiger partial charge on any atom is -0.374 e. The first kappa shape index (κ1) is 12.7. The highest BCUT2D eigenvalue weighted by Crippen LogP contribution is 2.33. The first-order chi connectivity index (χ1) is 7.25. The normalized spacial score (nSPS) is 20.1. The molecule has 0 spiro atoms. The van der Waals surface area contributed by atoms with Crippen molar-refractivity contribution in [3.8, 4) is 0 Å². The van der Waals surface area contributed by atoms with Gasteiger partial charge in [-0.15, -0.1) is 0 Å². The lowest BCUT2D eigenvalue weighted by molar-refractivity contribution is -0.135. The van der Waals surface area contributed by atoms with E-state index in [1.807, 2.05) is 0 Å². The molecule has 1 aliphatic heterocycles. The number of nitrogens with one attached hydrogen (secondary N) is 1. The third kappa shape index (κ3) is 3.28. The molecule has 0 atom stereocenters. The second-order valence-electron chi connectivity index (χ2n) is 4.36. The molecule has 15 heavy (non-hydrogen) atoms. The molecule has 1 aliphatic rings. The van der Waals surface area contributed by atoms with E-state index in [2.05, 4.69) is 19.2 Å². The Morgan fingerprint density at radius 3 is 2.53 bits per heavy atom. The average molecular weight is 213 g/mol. The minimum atomic E-state index is -0.0982. The SMILES string of the molecule is CCCOCC(=O)C1(CC)CCNCC1. The topological polar surface area (TPSA) is 38.3 Å². The molecule has 0 saturated carbocycles. The van der Waals surface area contributed by atoms with E-state index in [1.54, 1.807) is 0 Å². The van der Waals surface area contributed by atoms with E-state index in [0.29, 0.717) is 19.0 Å². The molecule has 0 aromatic heterocycles. The van der Waals surface area contributed by atoms with Crippen LogP contribution in [0, 0.1) is 5.41 Å². The van der Waals surface area contributed by atoms with Crippen LogP contribution in [0.4, 0.5) is 0 Å². The number of ether oxygens (including phenoxy) is 1. The molecular weight excluding hydrogens is 190 g/mol. The molecule has 3 heteroatoms. The van der Waals surface area contributed by atoms with Crippen LogP contribution in [0.2, 0.25) is 0 Å². The maximum Gasteiger partial charge on any atom is 0.164 e. The molecule has 88 valence electrons. The van der Waals surface area contributed by atoms with E-state index in [4.69, 9.17) is 4.74 Å². The van der Waals surface area contributed by atoms with Gasteiger partial charge >= 0.3 is 0 Å². The Balaban J connectivity index is 2.45. The summed E-state index contributed by atoms with van der Waals surface area (Å²) >= 11 is 0. The number of carbonyl (C=O) groups excluding carboxylic acids is 1. The summed E-state index contributed by atoms with van der Waals surface area (Å²) in [7, 11) is 0. The summed E-state index contributed by atoms with van der Waals surface area (Å²) in [6.07, 6.45) is 3.87. The van der Waals surface area contributed by atoms with Crippen LogP contribution >= 0.6 is 0 Å². The van der Waals surface area contributed by atoms with Crippen molar-refractivity contribution in [1.29, 1.82) is 0 Å². The fourth-order valence-corrected chi connectivity index (χ4v) is 2.20. The van der Waals surface area contributed by atoms with Crippen LogP contribution in [0.15, 0.2) is 0 Å². The van der Waals surface area contributed by atoms with Crippen LogP contribution in [0.25, 0.3) is 0 Å². The van der Waals surface area contributed by atoms with E-state index in [-0.39, 0.29) is 5.41 Å². The van der Waals surface area contributed by atoms with Gasteiger partial charge in [0.25, 0.3) is 0 Å². The van der Waals surface area contributed by atoms with Crippen LogP contribution in [-0.4, -0.2) is 32.1 Å². The molecule has 0 bridgehead atoms. The number of piperidine rings is 1. The first-order valence-corrected chi connectivity index (χ1v) is 6.07. The van der Waals surface area contributed by atoms with Gasteiger partial charge in [0.15, 0.2) is 5.78 Å². The lowest BCUT2D eigenvalue weighted by Crippen LogP contribution is -2.43. The Hall–Kier alpha value is -0.410. The molecule has 0 aromatic carbocycles. The van der Waals surface area contributed by atoms with Crippen LogP contribution in [0.1, 0.15) is 39.5 Å². The summed E-state index contributed by atoms with van der Waals surface area (Å²) in [5, 5.41) is 3.30. The molecule has 0 radical (unpaired) electrons. The summed E-state index contributed by atoms with van der Waals surface area (Å²) in [4.78, 5) is 12.1. The van der Waals surface area contributed by atoms with Gasteiger partial charge < -0.3 is 10.1 Å². The molecule has 1 saturated heterocycles. The highest BCUT2D eigenvalue weighted by Gasteiger charge is 2.37. The second-order valence-corrected chi connectivity index (χ2v) is 4.36. The number of Topliss-reactive ketones (excluding diaryl/α,β-unsaturated/α-hetero) is 1. The summed E-state index contributed by atoms with van der Waals surface area (Å²) in [5.74, 6) is 0.306. The summed E-state index contributed by atoms with van der Waals surface area (Å²) < 4.78 is 5.35. The van der Waals surface area contributed by atoms with Gasteiger partial charge in [-0.2, -0.15) is 0 Å². The quantitative estimate of drug-likeness (QED) is 0.683. The number of hydrogen-bond acceptors (Lipinski definition) is 3. The van der Waals surface area contributed by atoms with Gasteiger partial charge in [0.05, 0.1) is 0 Å². The van der Waals surface area contributed by atoms with Crippen molar-refractivity contribution < 1.29 is 9.53 Å². The molecule has 1 heterocycles. The number of hydrogen-bond donors (Lipinski definition) is 1. The van der Waals surface area contributed by atoms with Crippen molar-refractivity contribution in [2.24, 2.45) is 5.41 Å². The van der Waals surface area contributed by atoms with Crippen molar-refractivity contribution in [2.45, 2.75) is 39.5 Å².